The summed E-state index contributed by atoms with van der Waals surface area (Å²) in [6.45, 7) is 0. The van der Waals surface area contributed by atoms with Crippen LogP contribution in [0.25, 0.3) is 6.08 Å². The number of ether oxygens (including phenoxy) is 1. The number of rotatable bonds is 3. The molecule has 0 aliphatic heterocycles. The molecule has 3 nitrogen and oxygen atoms in total. The molecule has 5 heteroatoms. The summed E-state index contributed by atoms with van der Waals surface area (Å²) in [5, 5.41) is 0. The predicted octanol–water partition coefficient (Wildman–Crippen LogP) is 3.51. The summed E-state index contributed by atoms with van der Waals surface area (Å²) >= 11 is 0. The van der Waals surface area contributed by atoms with E-state index in [1.54, 1.807) is 6.07 Å². The quantitative estimate of drug-likeness (QED) is 0.912. The fraction of sp³-hybridized carbons (Fsp3) is 0.500. The van der Waals surface area contributed by atoms with Crippen molar-refractivity contribution in [3.05, 3.63) is 23.9 Å². The van der Waals surface area contributed by atoms with Crippen LogP contribution in [0.15, 0.2) is 18.3 Å². The number of halogens is 2. The molecule has 0 amide bonds. The van der Waals surface area contributed by atoms with Crippen molar-refractivity contribution >= 4 is 11.8 Å². The van der Waals surface area contributed by atoms with E-state index in [2.05, 4.69) is 4.98 Å². The van der Waals surface area contributed by atoms with Crippen LogP contribution in [0.4, 0.5) is 14.5 Å². The van der Waals surface area contributed by atoms with E-state index in [1.807, 2.05) is 12.2 Å². The van der Waals surface area contributed by atoms with Crippen LogP contribution in [0, 0.1) is 5.92 Å². The highest BCUT2D eigenvalue weighted by molar-refractivity contribution is 5.59. The van der Waals surface area contributed by atoms with E-state index < -0.39 is 5.92 Å². The van der Waals surface area contributed by atoms with Gasteiger partial charge in [0, 0.05) is 18.4 Å². The molecule has 1 aliphatic carbocycles. The summed E-state index contributed by atoms with van der Waals surface area (Å²) in [5.74, 6) is -1.81. The molecule has 1 saturated carbocycles. The van der Waals surface area contributed by atoms with Gasteiger partial charge in [-0.3, -0.25) is 0 Å². The smallest absolute Gasteiger partial charge is 0.248 e. The second-order valence-electron chi connectivity index (χ2n) is 4.92. The van der Waals surface area contributed by atoms with E-state index in [0.717, 1.165) is 5.56 Å². The van der Waals surface area contributed by atoms with Crippen LogP contribution in [0.1, 0.15) is 31.2 Å². The average molecular weight is 268 g/mol. The van der Waals surface area contributed by atoms with Crippen molar-refractivity contribution in [2.75, 3.05) is 12.8 Å². The van der Waals surface area contributed by atoms with Crippen molar-refractivity contribution in [1.29, 1.82) is 0 Å². The van der Waals surface area contributed by atoms with Crippen molar-refractivity contribution < 1.29 is 13.5 Å². The van der Waals surface area contributed by atoms with Gasteiger partial charge in [0.05, 0.1) is 19.0 Å². The largest absolute Gasteiger partial charge is 0.481 e. The molecule has 1 aliphatic rings. The first-order valence-electron chi connectivity index (χ1n) is 6.36. The van der Waals surface area contributed by atoms with E-state index in [0.29, 0.717) is 24.4 Å². The lowest BCUT2D eigenvalue weighted by atomic mass is 9.86. The third-order valence-electron chi connectivity index (χ3n) is 3.40. The molecule has 1 heterocycles. The summed E-state index contributed by atoms with van der Waals surface area (Å²) in [6, 6.07) is 1.76. The molecule has 2 N–H and O–H groups in total. The van der Waals surface area contributed by atoms with Gasteiger partial charge < -0.3 is 10.5 Å². The van der Waals surface area contributed by atoms with Crippen LogP contribution >= 0.6 is 0 Å². The first-order chi connectivity index (χ1) is 9.00. The van der Waals surface area contributed by atoms with Gasteiger partial charge in [-0.25, -0.2) is 13.8 Å². The molecule has 1 aromatic heterocycles. The molecule has 2 rings (SSSR count). The van der Waals surface area contributed by atoms with Crippen LogP contribution in [0.5, 0.6) is 5.88 Å². The van der Waals surface area contributed by atoms with Crippen molar-refractivity contribution in [2.45, 2.75) is 31.6 Å². The molecule has 0 bridgehead atoms. The summed E-state index contributed by atoms with van der Waals surface area (Å²) < 4.78 is 31.2. The van der Waals surface area contributed by atoms with Gasteiger partial charge in [0.25, 0.3) is 0 Å². The van der Waals surface area contributed by atoms with E-state index in [9.17, 15) is 8.78 Å². The third-order valence-corrected chi connectivity index (χ3v) is 3.40. The van der Waals surface area contributed by atoms with E-state index in [4.69, 9.17) is 10.5 Å². The number of hydrogen-bond acceptors (Lipinski definition) is 3. The highest BCUT2D eigenvalue weighted by atomic mass is 19.3. The van der Waals surface area contributed by atoms with Gasteiger partial charge in [-0.05, 0) is 24.8 Å². The Bertz CT molecular complexity index is 465. The summed E-state index contributed by atoms with van der Waals surface area (Å²) in [6.07, 6.45) is 6.30. The Balaban J connectivity index is 2.05. The van der Waals surface area contributed by atoms with Gasteiger partial charge >= 0.3 is 0 Å². The Hall–Kier alpha value is -1.65. The van der Waals surface area contributed by atoms with Crippen molar-refractivity contribution in [3.8, 4) is 5.88 Å². The molecular formula is C14H18F2N2O. The number of nitrogens with two attached hydrogens (primary N) is 1. The number of alkyl halides is 2. The fourth-order valence-corrected chi connectivity index (χ4v) is 2.27. The summed E-state index contributed by atoms with van der Waals surface area (Å²) in [7, 11) is 1.54. The van der Waals surface area contributed by atoms with Crippen molar-refractivity contribution in [3.63, 3.8) is 0 Å². The number of hydrogen-bond donors (Lipinski definition) is 1. The van der Waals surface area contributed by atoms with Crippen molar-refractivity contribution in [1.82, 2.24) is 4.98 Å². The van der Waals surface area contributed by atoms with E-state index in [1.165, 1.54) is 13.3 Å². The fourth-order valence-electron chi connectivity index (χ4n) is 2.27. The number of anilines is 1. The Morgan fingerprint density at radius 3 is 2.74 bits per heavy atom. The summed E-state index contributed by atoms with van der Waals surface area (Å²) in [5.41, 5.74) is 7.00. The van der Waals surface area contributed by atoms with Gasteiger partial charge in [-0.1, -0.05) is 12.2 Å². The maximum absolute atomic E-state index is 13.0. The number of pyridine rings is 1. The van der Waals surface area contributed by atoms with Gasteiger partial charge in [0.1, 0.15) is 0 Å². The van der Waals surface area contributed by atoms with Crippen LogP contribution in [0.3, 0.4) is 0 Å². The Kier molecular flexibility index (Phi) is 4.02. The molecule has 1 aromatic rings. The number of nitrogen functional groups attached to an aromatic ring is 1. The predicted molar refractivity (Wildman–Crippen MR) is 71.1 cm³/mol. The molecule has 0 spiro atoms. The van der Waals surface area contributed by atoms with Gasteiger partial charge in [0.2, 0.25) is 11.8 Å². The molecule has 0 radical (unpaired) electrons. The molecule has 1 fully saturated rings. The SMILES string of the molecule is COc1ncc(N)cc1C=CC1CCC(F)(F)CC1. The number of methoxy groups -OCH3 is 1. The second-order valence-corrected chi connectivity index (χ2v) is 4.92. The van der Waals surface area contributed by atoms with E-state index >= 15 is 0 Å². The highest BCUT2D eigenvalue weighted by Gasteiger charge is 2.33. The van der Waals surface area contributed by atoms with Crippen LogP contribution in [-0.2, 0) is 0 Å². The van der Waals surface area contributed by atoms with E-state index in [-0.39, 0.29) is 18.8 Å². The van der Waals surface area contributed by atoms with Gasteiger partial charge in [-0.15, -0.1) is 0 Å². The molecule has 0 saturated heterocycles. The lowest BCUT2D eigenvalue weighted by Crippen LogP contribution is -2.23. The lowest BCUT2D eigenvalue weighted by molar-refractivity contribution is -0.0410. The zero-order chi connectivity index (χ0) is 13.9. The van der Waals surface area contributed by atoms with Gasteiger partial charge in [0.15, 0.2) is 0 Å². The topological polar surface area (TPSA) is 48.1 Å². The molecule has 19 heavy (non-hydrogen) atoms. The normalized spacial score (nSPS) is 19.7. The Morgan fingerprint density at radius 2 is 2.11 bits per heavy atom. The maximum atomic E-state index is 13.0. The Labute approximate surface area is 111 Å². The molecule has 104 valence electrons. The molecule has 0 atom stereocenters. The first-order valence-corrected chi connectivity index (χ1v) is 6.36. The standard InChI is InChI=1S/C14H18F2N2O/c1-19-13-11(8-12(17)9-18-13)3-2-10-4-6-14(15,16)7-5-10/h2-3,8-10H,4-7,17H2,1H3. The monoisotopic (exact) mass is 268 g/mol. The zero-order valence-corrected chi connectivity index (χ0v) is 10.9. The Morgan fingerprint density at radius 1 is 1.42 bits per heavy atom. The molecule has 0 unspecified atom stereocenters. The van der Waals surface area contributed by atoms with Crippen molar-refractivity contribution in [2.24, 2.45) is 5.92 Å². The minimum absolute atomic E-state index is 0.0334. The summed E-state index contributed by atoms with van der Waals surface area (Å²) in [4.78, 5) is 4.07. The minimum atomic E-state index is -2.49. The molecule has 0 aromatic carbocycles. The minimum Gasteiger partial charge on any atom is -0.481 e. The lowest BCUT2D eigenvalue weighted by Gasteiger charge is -2.26. The first kappa shape index (κ1) is 13.8. The maximum Gasteiger partial charge on any atom is 0.248 e. The average Bonchev–Trinajstić information content (AvgIpc) is 2.38. The van der Waals surface area contributed by atoms with Crippen LogP contribution in [-0.4, -0.2) is 18.0 Å². The highest BCUT2D eigenvalue weighted by Crippen LogP contribution is 2.37. The van der Waals surface area contributed by atoms with Crippen LogP contribution < -0.4 is 10.5 Å². The second kappa shape index (κ2) is 5.55. The number of nitrogens with zero attached hydrogens (tertiary/aromatic N) is 1. The third kappa shape index (κ3) is 3.66. The molecular weight excluding hydrogens is 250 g/mol. The van der Waals surface area contributed by atoms with Gasteiger partial charge in [-0.2, -0.15) is 0 Å². The zero-order valence-electron chi connectivity index (χ0n) is 10.9. The van der Waals surface area contributed by atoms with Crippen LogP contribution in [0.2, 0.25) is 0 Å². The number of allylic oxidation sites excluding steroid dienone is 1. The number of aromatic nitrogens is 1.